The maximum atomic E-state index is 13.7. The molecule has 0 amide bonds. The van der Waals surface area contributed by atoms with Gasteiger partial charge < -0.3 is 19.9 Å². The normalized spacial score (nSPS) is 19.6. The molecule has 2 aromatic rings. The molecule has 4 rings (SSSR count). The highest BCUT2D eigenvalue weighted by Gasteiger charge is 2.42. The van der Waals surface area contributed by atoms with Crippen LogP contribution in [0.1, 0.15) is 63.0 Å². The van der Waals surface area contributed by atoms with E-state index in [-0.39, 0.29) is 29.8 Å². The zero-order valence-electron chi connectivity index (χ0n) is 20.5. The van der Waals surface area contributed by atoms with Crippen LogP contribution in [0.2, 0.25) is 5.02 Å². The summed E-state index contributed by atoms with van der Waals surface area (Å²) in [6.45, 7) is 6.22. The predicted molar refractivity (Wildman–Crippen MR) is 142 cm³/mol. The van der Waals surface area contributed by atoms with Crippen LogP contribution in [-0.4, -0.2) is 30.1 Å². The molecule has 0 fully saturated rings. The monoisotopic (exact) mass is 573 g/mol. The number of hydrogen-bond donors (Lipinski definition) is 2. The first-order valence-electron chi connectivity index (χ1n) is 12.1. The summed E-state index contributed by atoms with van der Waals surface area (Å²) in [4.78, 5) is 27.0. The van der Waals surface area contributed by atoms with E-state index >= 15 is 0 Å². The molecule has 0 unspecified atom stereocenters. The number of esters is 1. The van der Waals surface area contributed by atoms with Crippen LogP contribution in [0.4, 0.5) is 0 Å². The highest BCUT2D eigenvalue weighted by atomic mass is 79.9. The number of dihydropyridines is 1. The highest BCUT2D eigenvalue weighted by molar-refractivity contribution is 9.10. The van der Waals surface area contributed by atoms with Gasteiger partial charge in [0.25, 0.3) is 0 Å². The molecule has 0 saturated heterocycles. The summed E-state index contributed by atoms with van der Waals surface area (Å²) < 4.78 is 11.6. The molecule has 0 bridgehead atoms. The van der Waals surface area contributed by atoms with E-state index in [9.17, 15) is 14.7 Å². The van der Waals surface area contributed by atoms with Gasteiger partial charge in [0.2, 0.25) is 0 Å². The van der Waals surface area contributed by atoms with Gasteiger partial charge in [0, 0.05) is 34.3 Å². The van der Waals surface area contributed by atoms with Gasteiger partial charge in [-0.1, -0.05) is 30.7 Å². The number of ether oxygens (including phenoxy) is 2. The Balaban J connectivity index is 1.83. The van der Waals surface area contributed by atoms with E-state index in [0.29, 0.717) is 57.8 Å². The van der Waals surface area contributed by atoms with Gasteiger partial charge in [0.05, 0.1) is 23.3 Å². The summed E-state index contributed by atoms with van der Waals surface area (Å²) >= 11 is 9.47. The van der Waals surface area contributed by atoms with E-state index in [1.54, 1.807) is 12.1 Å². The molecule has 8 heteroatoms. The molecule has 0 radical (unpaired) electrons. The predicted octanol–water partition coefficient (Wildman–Crippen LogP) is 6.52. The molecule has 2 atom stereocenters. The molecule has 36 heavy (non-hydrogen) atoms. The average molecular weight is 575 g/mol. The fraction of sp³-hybridized carbons (Fsp3) is 0.357. The van der Waals surface area contributed by atoms with Gasteiger partial charge in [-0.25, -0.2) is 4.79 Å². The van der Waals surface area contributed by atoms with Crippen molar-refractivity contribution < 1.29 is 24.2 Å². The first-order valence-corrected chi connectivity index (χ1v) is 13.2. The second kappa shape index (κ2) is 11.1. The summed E-state index contributed by atoms with van der Waals surface area (Å²) in [6.07, 6.45) is 1.61. The third kappa shape index (κ3) is 5.18. The number of Topliss-reactive ketones (excluding diaryl/α,β-unsaturated/α-hetero) is 1. The Labute approximate surface area is 224 Å². The van der Waals surface area contributed by atoms with Gasteiger partial charge in [-0.2, -0.15) is 0 Å². The molecule has 0 spiro atoms. The maximum Gasteiger partial charge on any atom is 0.336 e. The van der Waals surface area contributed by atoms with Crippen molar-refractivity contribution >= 4 is 39.3 Å². The van der Waals surface area contributed by atoms with Crippen molar-refractivity contribution in [3.05, 3.63) is 79.6 Å². The van der Waals surface area contributed by atoms with Crippen LogP contribution in [0.3, 0.4) is 0 Å². The van der Waals surface area contributed by atoms with Crippen molar-refractivity contribution in [3.63, 3.8) is 0 Å². The lowest BCUT2D eigenvalue weighted by Gasteiger charge is -2.37. The largest absolute Gasteiger partial charge is 0.503 e. The molecule has 6 nitrogen and oxygen atoms in total. The van der Waals surface area contributed by atoms with Gasteiger partial charge in [0.1, 0.15) is 0 Å². The Kier molecular flexibility index (Phi) is 8.10. The molecule has 2 aliphatic rings. The second-order valence-corrected chi connectivity index (χ2v) is 10.3. The van der Waals surface area contributed by atoms with Crippen LogP contribution < -0.4 is 10.1 Å². The van der Waals surface area contributed by atoms with Crippen LogP contribution in [0.5, 0.6) is 11.5 Å². The number of phenols is 1. The number of allylic oxidation sites excluding steroid dienone is 3. The Morgan fingerprint density at radius 1 is 1.17 bits per heavy atom. The third-order valence-electron chi connectivity index (χ3n) is 6.51. The molecule has 1 heterocycles. The zero-order valence-corrected chi connectivity index (χ0v) is 22.8. The number of nitrogens with one attached hydrogen (secondary N) is 1. The number of carbonyl (C=O) groups excluding carboxylic acids is 2. The lowest BCUT2D eigenvalue weighted by atomic mass is 9.71. The first kappa shape index (κ1) is 26.3. The van der Waals surface area contributed by atoms with E-state index in [1.807, 2.05) is 45.0 Å². The second-order valence-electron chi connectivity index (χ2n) is 8.99. The minimum Gasteiger partial charge on any atom is -0.503 e. The number of phenolic OH excluding ortho intramolecular Hbond substituents is 1. The van der Waals surface area contributed by atoms with Crippen LogP contribution in [0, 0.1) is 0 Å². The molecular formula is C28H29BrClNO5. The number of carbonyl (C=O) groups is 2. The molecule has 1 aliphatic carbocycles. The van der Waals surface area contributed by atoms with Crippen molar-refractivity contribution in [1.29, 1.82) is 0 Å². The summed E-state index contributed by atoms with van der Waals surface area (Å²) in [5.41, 5.74) is 4.08. The number of ketones is 1. The number of benzene rings is 2. The summed E-state index contributed by atoms with van der Waals surface area (Å²) in [7, 11) is 0. The number of aromatic hydroxyl groups is 1. The van der Waals surface area contributed by atoms with Crippen LogP contribution in [0.15, 0.2) is 63.4 Å². The van der Waals surface area contributed by atoms with Crippen molar-refractivity contribution in [3.8, 4) is 11.5 Å². The zero-order chi connectivity index (χ0) is 26.0. The number of rotatable bonds is 7. The number of halogens is 2. The highest BCUT2D eigenvalue weighted by Crippen LogP contribution is 2.48. The van der Waals surface area contributed by atoms with Crippen molar-refractivity contribution in [2.24, 2.45) is 0 Å². The summed E-state index contributed by atoms with van der Waals surface area (Å²) in [6, 6.07) is 11.0. The van der Waals surface area contributed by atoms with E-state index in [1.165, 1.54) is 0 Å². The van der Waals surface area contributed by atoms with Gasteiger partial charge in [-0.05, 0) is 83.9 Å². The topological polar surface area (TPSA) is 84.9 Å². The fourth-order valence-corrected chi connectivity index (χ4v) is 5.50. The van der Waals surface area contributed by atoms with Gasteiger partial charge in [0.15, 0.2) is 17.3 Å². The standard InChI is InChI=1S/C28H29BrClNO5/c1-4-10-36-28(34)24-15(3)31-21-12-17(16-6-8-19(30)9-7-16)13-22(32)26(21)25(24)18-11-20(29)27(33)23(14-18)35-5-2/h6-9,11,14,17,25,31,33H,4-5,10,12-13H2,1-3H3/t17-,25+/m1/s1. The average Bonchev–Trinajstić information content (AvgIpc) is 2.84. The van der Waals surface area contributed by atoms with Gasteiger partial charge >= 0.3 is 5.97 Å². The van der Waals surface area contributed by atoms with Crippen LogP contribution in [0.25, 0.3) is 0 Å². The van der Waals surface area contributed by atoms with Crippen molar-refractivity contribution in [2.75, 3.05) is 13.2 Å². The molecule has 2 aromatic carbocycles. The van der Waals surface area contributed by atoms with Crippen molar-refractivity contribution in [1.82, 2.24) is 5.32 Å². The van der Waals surface area contributed by atoms with Gasteiger partial charge in [-0.3, -0.25) is 4.79 Å². The van der Waals surface area contributed by atoms with E-state index in [2.05, 4.69) is 21.2 Å². The van der Waals surface area contributed by atoms with Gasteiger partial charge in [-0.15, -0.1) is 0 Å². The Bertz CT molecular complexity index is 1250. The molecule has 2 N–H and O–H groups in total. The van der Waals surface area contributed by atoms with Crippen LogP contribution in [-0.2, 0) is 14.3 Å². The van der Waals surface area contributed by atoms with Crippen molar-refractivity contribution in [2.45, 2.75) is 51.9 Å². The smallest absolute Gasteiger partial charge is 0.336 e. The molecule has 0 aromatic heterocycles. The Hall–Kier alpha value is -2.77. The van der Waals surface area contributed by atoms with E-state index in [4.69, 9.17) is 21.1 Å². The lowest BCUT2D eigenvalue weighted by molar-refractivity contribution is -0.139. The minimum atomic E-state index is -0.652. The third-order valence-corrected chi connectivity index (χ3v) is 7.37. The van der Waals surface area contributed by atoms with E-state index < -0.39 is 11.9 Å². The molecule has 190 valence electrons. The quantitative estimate of drug-likeness (QED) is 0.366. The number of hydrogen-bond acceptors (Lipinski definition) is 6. The summed E-state index contributed by atoms with van der Waals surface area (Å²) in [5, 5.41) is 14.5. The van der Waals surface area contributed by atoms with E-state index in [0.717, 1.165) is 11.3 Å². The molecule has 0 saturated carbocycles. The molecule has 1 aliphatic heterocycles. The minimum absolute atomic E-state index is 0.00593. The summed E-state index contributed by atoms with van der Waals surface area (Å²) in [5.74, 6) is -0.910. The fourth-order valence-electron chi connectivity index (χ4n) is 4.91. The van der Waals surface area contributed by atoms with Crippen LogP contribution >= 0.6 is 27.5 Å². The maximum absolute atomic E-state index is 13.7. The first-order chi connectivity index (χ1) is 17.2. The Morgan fingerprint density at radius 3 is 2.56 bits per heavy atom. The lowest BCUT2D eigenvalue weighted by Crippen LogP contribution is -2.36. The molecular weight excluding hydrogens is 546 g/mol. The Morgan fingerprint density at radius 2 is 1.89 bits per heavy atom. The SMILES string of the molecule is CCCOC(=O)C1=C(C)NC2=C(C(=O)C[C@H](c3ccc(Cl)cc3)C2)[C@H]1c1cc(Br)c(O)c(OCC)c1.